The van der Waals surface area contributed by atoms with Crippen LogP contribution < -0.4 is 5.32 Å². The van der Waals surface area contributed by atoms with Gasteiger partial charge in [0.1, 0.15) is 5.82 Å². The predicted molar refractivity (Wildman–Crippen MR) is 85.0 cm³/mol. The minimum atomic E-state index is -0.669. The molecule has 23 heavy (non-hydrogen) atoms. The normalized spacial score (nSPS) is 17.1. The summed E-state index contributed by atoms with van der Waals surface area (Å²) < 4.78 is 19.2. The molecule has 2 rings (SSSR count). The SMILES string of the molecule is CC(=O)N(CCNC(=O)c1c(F)cccc1Cl)CC1CCCO1. The second-order valence-electron chi connectivity index (χ2n) is 5.45. The number of hydrogen-bond donors (Lipinski definition) is 1. The molecule has 0 bridgehead atoms. The van der Waals surface area contributed by atoms with Gasteiger partial charge in [-0.15, -0.1) is 0 Å². The van der Waals surface area contributed by atoms with Gasteiger partial charge in [-0.1, -0.05) is 17.7 Å². The first-order valence-electron chi connectivity index (χ1n) is 7.58. The van der Waals surface area contributed by atoms with Gasteiger partial charge in [0.25, 0.3) is 5.91 Å². The molecule has 1 fully saturated rings. The van der Waals surface area contributed by atoms with Crippen LogP contribution in [0.1, 0.15) is 30.1 Å². The van der Waals surface area contributed by atoms with Gasteiger partial charge in [-0.25, -0.2) is 4.39 Å². The molecule has 1 N–H and O–H groups in total. The molecule has 1 aliphatic rings. The van der Waals surface area contributed by atoms with Crippen molar-refractivity contribution in [3.63, 3.8) is 0 Å². The van der Waals surface area contributed by atoms with E-state index < -0.39 is 11.7 Å². The molecular weight excluding hydrogens is 323 g/mol. The number of rotatable bonds is 6. The lowest BCUT2D eigenvalue weighted by Gasteiger charge is -2.24. The van der Waals surface area contributed by atoms with E-state index in [1.165, 1.54) is 25.1 Å². The number of ether oxygens (including phenoxy) is 1. The minimum absolute atomic E-state index is 0.0515. The lowest BCUT2D eigenvalue weighted by Crippen LogP contribution is -2.41. The van der Waals surface area contributed by atoms with Crippen LogP contribution in [0.3, 0.4) is 0 Å². The molecule has 1 saturated heterocycles. The van der Waals surface area contributed by atoms with E-state index in [9.17, 15) is 14.0 Å². The van der Waals surface area contributed by atoms with Gasteiger partial charge >= 0.3 is 0 Å². The fourth-order valence-electron chi connectivity index (χ4n) is 2.52. The van der Waals surface area contributed by atoms with Crippen molar-refractivity contribution in [3.05, 3.63) is 34.6 Å². The summed E-state index contributed by atoms with van der Waals surface area (Å²) in [7, 11) is 0. The molecule has 1 aromatic carbocycles. The van der Waals surface area contributed by atoms with Gasteiger partial charge < -0.3 is 15.0 Å². The zero-order valence-electron chi connectivity index (χ0n) is 13.0. The van der Waals surface area contributed by atoms with Crippen molar-refractivity contribution in [2.45, 2.75) is 25.9 Å². The Morgan fingerprint density at radius 2 is 2.26 bits per heavy atom. The lowest BCUT2D eigenvalue weighted by molar-refractivity contribution is -0.130. The zero-order chi connectivity index (χ0) is 16.8. The third kappa shape index (κ3) is 4.91. The summed E-state index contributed by atoms with van der Waals surface area (Å²) in [6.45, 7) is 3.26. The number of amides is 2. The highest BCUT2D eigenvalue weighted by molar-refractivity contribution is 6.33. The van der Waals surface area contributed by atoms with E-state index in [2.05, 4.69) is 5.32 Å². The highest BCUT2D eigenvalue weighted by Crippen LogP contribution is 2.18. The van der Waals surface area contributed by atoms with Gasteiger partial charge in [0.05, 0.1) is 16.7 Å². The van der Waals surface area contributed by atoms with Crippen LogP contribution in [0.25, 0.3) is 0 Å². The monoisotopic (exact) mass is 342 g/mol. The van der Waals surface area contributed by atoms with Crippen molar-refractivity contribution in [1.29, 1.82) is 0 Å². The Balaban J connectivity index is 1.86. The van der Waals surface area contributed by atoms with Crippen LogP contribution in [-0.2, 0) is 9.53 Å². The molecule has 0 radical (unpaired) electrons. The van der Waals surface area contributed by atoms with E-state index in [0.29, 0.717) is 13.1 Å². The lowest BCUT2D eigenvalue weighted by atomic mass is 10.2. The summed E-state index contributed by atoms with van der Waals surface area (Å²) in [5.74, 6) is -1.34. The van der Waals surface area contributed by atoms with Crippen molar-refractivity contribution in [3.8, 4) is 0 Å². The molecule has 1 atom stereocenters. The maximum atomic E-state index is 13.7. The van der Waals surface area contributed by atoms with Gasteiger partial charge in [0.2, 0.25) is 5.91 Å². The van der Waals surface area contributed by atoms with E-state index in [1.54, 1.807) is 4.90 Å². The van der Waals surface area contributed by atoms with E-state index >= 15 is 0 Å². The third-order valence-corrected chi connectivity index (χ3v) is 4.07. The summed E-state index contributed by atoms with van der Waals surface area (Å²) in [6.07, 6.45) is 1.98. The molecule has 7 heteroatoms. The van der Waals surface area contributed by atoms with E-state index in [-0.39, 0.29) is 29.1 Å². The molecule has 1 aliphatic heterocycles. The maximum absolute atomic E-state index is 13.7. The molecule has 1 aromatic rings. The van der Waals surface area contributed by atoms with Crippen molar-refractivity contribution >= 4 is 23.4 Å². The Bertz CT molecular complexity index is 556. The Hall–Kier alpha value is -1.66. The van der Waals surface area contributed by atoms with Gasteiger partial charge in [-0.3, -0.25) is 9.59 Å². The van der Waals surface area contributed by atoms with Gasteiger partial charge in [-0.2, -0.15) is 0 Å². The van der Waals surface area contributed by atoms with Gasteiger partial charge in [-0.05, 0) is 25.0 Å². The fraction of sp³-hybridized carbons (Fsp3) is 0.500. The minimum Gasteiger partial charge on any atom is -0.376 e. The second kappa shape index (κ2) is 8.26. The molecule has 5 nitrogen and oxygen atoms in total. The molecule has 0 saturated carbocycles. The molecule has 0 aliphatic carbocycles. The number of carbonyl (C=O) groups is 2. The van der Waals surface area contributed by atoms with Crippen molar-refractivity contribution < 1.29 is 18.7 Å². The first kappa shape index (κ1) is 17.7. The standard InChI is InChI=1S/C16H20ClFN2O3/c1-11(21)20(10-12-4-3-9-23-12)8-7-19-16(22)15-13(17)5-2-6-14(15)18/h2,5-6,12H,3-4,7-10H2,1H3,(H,19,22). The number of carbonyl (C=O) groups excluding carboxylic acids is 2. The highest BCUT2D eigenvalue weighted by atomic mass is 35.5. The van der Waals surface area contributed by atoms with Crippen LogP contribution in [0.15, 0.2) is 18.2 Å². The highest BCUT2D eigenvalue weighted by Gasteiger charge is 2.21. The Kier molecular flexibility index (Phi) is 6.36. The molecular formula is C16H20ClFN2O3. The average Bonchev–Trinajstić information content (AvgIpc) is 2.99. The first-order valence-corrected chi connectivity index (χ1v) is 7.96. The molecule has 0 spiro atoms. The van der Waals surface area contributed by atoms with Crippen molar-refractivity contribution in [1.82, 2.24) is 10.2 Å². The number of hydrogen-bond acceptors (Lipinski definition) is 3. The summed E-state index contributed by atoms with van der Waals surface area (Å²) >= 11 is 5.85. The summed E-state index contributed by atoms with van der Waals surface area (Å²) in [5, 5.41) is 2.65. The third-order valence-electron chi connectivity index (χ3n) is 3.75. The van der Waals surface area contributed by atoms with Gasteiger partial charge in [0.15, 0.2) is 0 Å². The van der Waals surface area contributed by atoms with Crippen LogP contribution in [0.2, 0.25) is 5.02 Å². The Labute approximate surface area is 139 Å². The van der Waals surface area contributed by atoms with E-state index in [0.717, 1.165) is 19.4 Å². The van der Waals surface area contributed by atoms with Crippen LogP contribution >= 0.6 is 11.6 Å². The Morgan fingerprint density at radius 1 is 1.48 bits per heavy atom. The molecule has 0 aromatic heterocycles. The number of benzene rings is 1. The van der Waals surface area contributed by atoms with Gasteiger partial charge in [0, 0.05) is 33.2 Å². The van der Waals surface area contributed by atoms with E-state index in [4.69, 9.17) is 16.3 Å². The second-order valence-corrected chi connectivity index (χ2v) is 5.86. The Morgan fingerprint density at radius 3 is 2.87 bits per heavy atom. The largest absolute Gasteiger partial charge is 0.376 e. The maximum Gasteiger partial charge on any atom is 0.255 e. The number of halogens is 2. The summed E-state index contributed by atoms with van der Waals surface area (Å²) in [4.78, 5) is 25.3. The molecule has 1 heterocycles. The molecule has 2 amide bonds. The molecule has 126 valence electrons. The average molecular weight is 343 g/mol. The fourth-order valence-corrected chi connectivity index (χ4v) is 2.77. The molecule has 1 unspecified atom stereocenters. The van der Waals surface area contributed by atoms with E-state index in [1.807, 2.05) is 0 Å². The number of nitrogens with one attached hydrogen (secondary N) is 1. The van der Waals surface area contributed by atoms with Crippen LogP contribution in [-0.4, -0.2) is 49.1 Å². The first-order chi connectivity index (χ1) is 11.0. The topological polar surface area (TPSA) is 58.6 Å². The van der Waals surface area contributed by atoms with Crippen LogP contribution in [0, 0.1) is 5.82 Å². The van der Waals surface area contributed by atoms with Crippen molar-refractivity contribution in [2.75, 3.05) is 26.2 Å². The predicted octanol–water partition coefficient (Wildman–Crippen LogP) is 2.24. The van der Waals surface area contributed by atoms with Crippen LogP contribution in [0.4, 0.5) is 4.39 Å². The zero-order valence-corrected chi connectivity index (χ0v) is 13.7. The smallest absolute Gasteiger partial charge is 0.255 e. The summed E-state index contributed by atoms with van der Waals surface area (Å²) in [6, 6.07) is 4.08. The summed E-state index contributed by atoms with van der Waals surface area (Å²) in [5.41, 5.74) is -0.178. The quantitative estimate of drug-likeness (QED) is 0.862. The number of nitrogens with zero attached hydrogens (tertiary/aromatic N) is 1. The van der Waals surface area contributed by atoms with Crippen LogP contribution in [0.5, 0.6) is 0 Å². The van der Waals surface area contributed by atoms with Crippen molar-refractivity contribution in [2.24, 2.45) is 0 Å².